The Labute approximate surface area is 67.2 Å². The molecule has 1 unspecified atom stereocenters. The third-order valence-electron chi connectivity index (χ3n) is 1.49. The van der Waals surface area contributed by atoms with E-state index in [-0.39, 0.29) is 5.92 Å². The molecule has 0 aliphatic heterocycles. The van der Waals surface area contributed by atoms with Crippen LogP contribution >= 0.6 is 0 Å². The topological polar surface area (TPSA) is 22.1 Å². The maximum atomic E-state index is 5.10. The smallest absolute Gasteiger partial charge is 0.140 e. The minimum Gasteiger partial charge on any atom is -0.495 e. The van der Waals surface area contributed by atoms with E-state index in [9.17, 15) is 0 Å². The quantitative estimate of drug-likeness (QED) is 0.643. The van der Waals surface area contributed by atoms with E-state index in [1.807, 2.05) is 19.1 Å². The Balaban J connectivity index is 3.02. The van der Waals surface area contributed by atoms with Gasteiger partial charge in [-0.3, -0.25) is 4.98 Å². The summed E-state index contributed by atoms with van der Waals surface area (Å²) in [6.07, 6.45) is 1.75. The summed E-state index contributed by atoms with van der Waals surface area (Å²) >= 11 is 0. The molecule has 1 aromatic rings. The van der Waals surface area contributed by atoms with E-state index in [1.54, 1.807) is 13.3 Å². The number of aromatic nitrogens is 1. The fourth-order valence-corrected chi connectivity index (χ4v) is 0.945. The fraction of sp³-hybridized carbons (Fsp3) is 0.333. The van der Waals surface area contributed by atoms with E-state index in [0.717, 1.165) is 11.4 Å². The normalized spacial score (nSPS) is 10.2. The zero-order chi connectivity index (χ0) is 8.27. The van der Waals surface area contributed by atoms with Crippen molar-refractivity contribution < 1.29 is 4.74 Å². The molecule has 1 aromatic heterocycles. The summed E-state index contributed by atoms with van der Waals surface area (Å²) in [5, 5.41) is 0. The van der Waals surface area contributed by atoms with Crippen molar-refractivity contribution in [3.8, 4) is 5.75 Å². The summed E-state index contributed by atoms with van der Waals surface area (Å²) in [4.78, 5) is 4.16. The van der Waals surface area contributed by atoms with Gasteiger partial charge in [0, 0.05) is 12.1 Å². The Hall–Kier alpha value is -1.05. The van der Waals surface area contributed by atoms with Crippen LogP contribution < -0.4 is 4.74 Å². The fourth-order valence-electron chi connectivity index (χ4n) is 0.945. The predicted molar refractivity (Wildman–Crippen MR) is 44.6 cm³/mol. The summed E-state index contributed by atoms with van der Waals surface area (Å²) < 4.78 is 5.10. The lowest BCUT2D eigenvalue weighted by molar-refractivity contribution is 0.405. The van der Waals surface area contributed by atoms with Gasteiger partial charge in [-0.15, -0.1) is 0 Å². The highest BCUT2D eigenvalue weighted by atomic mass is 16.5. The summed E-state index contributed by atoms with van der Waals surface area (Å²) in [5.41, 5.74) is 0.912. The van der Waals surface area contributed by atoms with Crippen LogP contribution in [0.1, 0.15) is 18.5 Å². The second kappa shape index (κ2) is 3.37. The molecule has 0 aromatic carbocycles. The van der Waals surface area contributed by atoms with Crippen molar-refractivity contribution in [1.29, 1.82) is 0 Å². The summed E-state index contributed by atoms with van der Waals surface area (Å²) in [6, 6.07) is 3.74. The molecular weight excluding hydrogens is 138 g/mol. The van der Waals surface area contributed by atoms with Crippen LogP contribution in [0.15, 0.2) is 18.3 Å². The molecule has 1 radical (unpaired) electrons. The van der Waals surface area contributed by atoms with Gasteiger partial charge in [-0.1, -0.05) is 6.92 Å². The first-order chi connectivity index (χ1) is 5.25. The van der Waals surface area contributed by atoms with Crippen molar-refractivity contribution in [3.63, 3.8) is 0 Å². The van der Waals surface area contributed by atoms with Crippen molar-refractivity contribution in [1.82, 2.24) is 4.98 Å². The van der Waals surface area contributed by atoms with Crippen molar-refractivity contribution in [2.24, 2.45) is 0 Å². The Morgan fingerprint density at radius 2 is 2.36 bits per heavy atom. The Morgan fingerprint density at radius 3 is 2.82 bits per heavy atom. The largest absolute Gasteiger partial charge is 0.495 e. The molecule has 0 N–H and O–H groups in total. The Kier molecular flexibility index (Phi) is 2.47. The van der Waals surface area contributed by atoms with Gasteiger partial charge in [0.2, 0.25) is 0 Å². The summed E-state index contributed by atoms with van der Waals surface area (Å²) in [6.45, 7) is 5.87. The molecule has 1 atom stereocenters. The van der Waals surface area contributed by atoms with Crippen LogP contribution in [0.4, 0.5) is 0 Å². The van der Waals surface area contributed by atoms with E-state index < -0.39 is 0 Å². The lowest BCUT2D eigenvalue weighted by Crippen LogP contribution is -1.96. The van der Waals surface area contributed by atoms with E-state index >= 15 is 0 Å². The number of pyridine rings is 1. The van der Waals surface area contributed by atoms with Crippen LogP contribution in [-0.4, -0.2) is 12.1 Å². The number of methoxy groups -OCH3 is 1. The minimum absolute atomic E-state index is 0.172. The van der Waals surface area contributed by atoms with Gasteiger partial charge in [-0.2, -0.15) is 0 Å². The average molecular weight is 150 g/mol. The first kappa shape index (κ1) is 8.05. The molecule has 2 heteroatoms. The van der Waals surface area contributed by atoms with Crippen LogP contribution in [0, 0.1) is 6.92 Å². The van der Waals surface area contributed by atoms with Gasteiger partial charge < -0.3 is 4.74 Å². The first-order valence-electron chi connectivity index (χ1n) is 3.57. The highest BCUT2D eigenvalue weighted by molar-refractivity contribution is 5.29. The van der Waals surface area contributed by atoms with Crippen molar-refractivity contribution >= 4 is 0 Å². The van der Waals surface area contributed by atoms with Gasteiger partial charge in [-0.05, 0) is 19.1 Å². The molecule has 0 spiro atoms. The van der Waals surface area contributed by atoms with Crippen LogP contribution in [0.5, 0.6) is 5.75 Å². The number of rotatable bonds is 2. The lowest BCUT2D eigenvalue weighted by atomic mass is 10.1. The summed E-state index contributed by atoms with van der Waals surface area (Å²) in [5.74, 6) is 0.987. The monoisotopic (exact) mass is 150 g/mol. The molecule has 59 valence electrons. The minimum atomic E-state index is 0.172. The molecule has 2 nitrogen and oxygen atoms in total. The number of ether oxygens (including phenoxy) is 1. The van der Waals surface area contributed by atoms with Gasteiger partial charge in [0.25, 0.3) is 0 Å². The highest BCUT2D eigenvalue weighted by Gasteiger charge is 2.06. The molecule has 0 aliphatic carbocycles. The maximum Gasteiger partial charge on any atom is 0.140 e. The van der Waals surface area contributed by atoms with Gasteiger partial charge in [0.05, 0.1) is 12.8 Å². The van der Waals surface area contributed by atoms with Crippen molar-refractivity contribution in [3.05, 3.63) is 30.9 Å². The molecule has 0 fully saturated rings. The van der Waals surface area contributed by atoms with Gasteiger partial charge in [0.15, 0.2) is 0 Å². The molecule has 1 heterocycles. The second-order valence-corrected chi connectivity index (χ2v) is 2.49. The lowest BCUT2D eigenvalue weighted by Gasteiger charge is -2.08. The summed E-state index contributed by atoms with van der Waals surface area (Å²) in [7, 11) is 1.64. The molecule has 1 rings (SSSR count). The number of hydrogen-bond donors (Lipinski definition) is 0. The number of nitrogens with zero attached hydrogens (tertiary/aromatic N) is 1. The zero-order valence-electron chi connectivity index (χ0n) is 6.87. The van der Waals surface area contributed by atoms with Crippen LogP contribution in [0.2, 0.25) is 0 Å². The standard InChI is InChI=1S/C9H12NO/c1-7(2)9-8(11-3)5-4-6-10-9/h4-7H,1H2,2-3H3. The SMILES string of the molecule is [CH2]C(C)c1ncccc1OC. The van der Waals surface area contributed by atoms with Crippen LogP contribution in [-0.2, 0) is 0 Å². The zero-order valence-corrected chi connectivity index (χ0v) is 6.87. The number of hydrogen-bond acceptors (Lipinski definition) is 2. The molecule has 0 saturated carbocycles. The molecule has 0 amide bonds. The third-order valence-corrected chi connectivity index (χ3v) is 1.49. The molecule has 0 aliphatic rings. The molecule has 0 bridgehead atoms. The predicted octanol–water partition coefficient (Wildman–Crippen LogP) is 2.03. The van der Waals surface area contributed by atoms with Crippen LogP contribution in [0.25, 0.3) is 0 Å². The van der Waals surface area contributed by atoms with E-state index in [0.29, 0.717) is 0 Å². The average Bonchev–Trinajstić information content (AvgIpc) is 2.04. The van der Waals surface area contributed by atoms with Gasteiger partial charge in [0.1, 0.15) is 5.75 Å². The molecular formula is C9H12NO. The van der Waals surface area contributed by atoms with E-state index in [4.69, 9.17) is 4.74 Å². The van der Waals surface area contributed by atoms with E-state index in [1.165, 1.54) is 0 Å². The first-order valence-corrected chi connectivity index (χ1v) is 3.57. The maximum absolute atomic E-state index is 5.10. The molecule has 11 heavy (non-hydrogen) atoms. The highest BCUT2D eigenvalue weighted by Crippen LogP contribution is 2.22. The Morgan fingerprint density at radius 1 is 1.64 bits per heavy atom. The Bertz CT molecular complexity index is 233. The van der Waals surface area contributed by atoms with Gasteiger partial charge in [-0.25, -0.2) is 0 Å². The van der Waals surface area contributed by atoms with Crippen molar-refractivity contribution in [2.45, 2.75) is 12.8 Å². The van der Waals surface area contributed by atoms with Crippen molar-refractivity contribution in [2.75, 3.05) is 7.11 Å². The second-order valence-electron chi connectivity index (χ2n) is 2.49. The van der Waals surface area contributed by atoms with E-state index in [2.05, 4.69) is 11.9 Å². The third kappa shape index (κ3) is 1.70. The molecule has 0 saturated heterocycles. The van der Waals surface area contributed by atoms with Gasteiger partial charge >= 0.3 is 0 Å². The van der Waals surface area contributed by atoms with Crippen LogP contribution in [0.3, 0.4) is 0 Å².